The van der Waals surface area contributed by atoms with Crippen molar-refractivity contribution in [1.29, 1.82) is 0 Å². The second kappa shape index (κ2) is 7.12. The summed E-state index contributed by atoms with van der Waals surface area (Å²) in [6.07, 6.45) is 13.5. The quantitative estimate of drug-likeness (QED) is 0.856. The number of hydrogen-bond acceptors (Lipinski definition) is 4. The highest BCUT2D eigenvalue weighted by Crippen LogP contribution is 2.47. The monoisotopic (exact) mass is 381 g/mol. The van der Waals surface area contributed by atoms with Crippen LogP contribution in [0.3, 0.4) is 0 Å². The lowest BCUT2D eigenvalue weighted by molar-refractivity contribution is -0.0402. The summed E-state index contributed by atoms with van der Waals surface area (Å²) >= 11 is 0. The van der Waals surface area contributed by atoms with Gasteiger partial charge in [0.05, 0.1) is 5.54 Å². The van der Waals surface area contributed by atoms with Crippen LogP contribution in [0, 0.1) is 17.7 Å². The highest BCUT2D eigenvalue weighted by atomic mass is 19.1. The fraction of sp³-hybridized carbons (Fsp3) is 0.522. The van der Waals surface area contributed by atoms with Crippen LogP contribution in [0.2, 0.25) is 0 Å². The van der Waals surface area contributed by atoms with Gasteiger partial charge in [-0.2, -0.15) is 0 Å². The maximum Gasteiger partial charge on any atom is 0.170 e. The first-order valence-electron chi connectivity index (χ1n) is 10.6. The lowest BCUT2D eigenvalue weighted by Gasteiger charge is -2.54. The van der Waals surface area contributed by atoms with Crippen LogP contribution < -0.4 is 5.32 Å². The molecular weight excluding hydrogens is 353 g/mol. The summed E-state index contributed by atoms with van der Waals surface area (Å²) in [7, 11) is 0. The van der Waals surface area contributed by atoms with Crippen molar-refractivity contribution in [2.45, 2.75) is 44.2 Å². The molecule has 1 aromatic carbocycles. The third-order valence-corrected chi connectivity index (χ3v) is 7.12. The number of rotatable bonds is 3. The molecule has 1 aromatic heterocycles. The molecule has 28 heavy (non-hydrogen) atoms. The number of allylic oxidation sites excluding steroid dienone is 3. The molecule has 0 spiro atoms. The second-order valence-electron chi connectivity index (χ2n) is 8.42. The standard InChI is InChI=1S/C23H28FN3O/c1-2-20-18-6-4-3-5-16(18)9-14-27(20)23(10-12-25-13-11-23)22-19-8-7-17(24)15-21(19)28-26-22/h3-8,15-16,18,20,25H,2,9-14H2,1H3. The largest absolute Gasteiger partial charge is 0.356 e. The van der Waals surface area contributed by atoms with Crippen molar-refractivity contribution in [3.63, 3.8) is 0 Å². The van der Waals surface area contributed by atoms with Crippen molar-refractivity contribution >= 4 is 11.0 Å². The zero-order chi connectivity index (χ0) is 19.1. The van der Waals surface area contributed by atoms with Crippen LogP contribution in [-0.2, 0) is 5.54 Å². The predicted octanol–water partition coefficient (Wildman–Crippen LogP) is 4.39. The van der Waals surface area contributed by atoms with E-state index in [9.17, 15) is 4.39 Å². The fourth-order valence-corrected chi connectivity index (χ4v) is 5.81. The molecule has 3 aliphatic rings. The van der Waals surface area contributed by atoms with Crippen LogP contribution in [0.15, 0.2) is 47.0 Å². The Morgan fingerprint density at radius 3 is 2.89 bits per heavy atom. The van der Waals surface area contributed by atoms with E-state index in [2.05, 4.69) is 46.6 Å². The molecule has 2 aliphatic heterocycles. The van der Waals surface area contributed by atoms with E-state index in [0.29, 0.717) is 23.5 Å². The lowest BCUT2D eigenvalue weighted by atomic mass is 9.71. The molecule has 5 rings (SSSR count). The van der Waals surface area contributed by atoms with Gasteiger partial charge in [0.2, 0.25) is 0 Å². The van der Waals surface area contributed by atoms with Gasteiger partial charge < -0.3 is 9.84 Å². The molecule has 2 fully saturated rings. The van der Waals surface area contributed by atoms with Crippen LogP contribution in [0.1, 0.15) is 38.3 Å². The summed E-state index contributed by atoms with van der Waals surface area (Å²) in [6.45, 7) is 5.29. The van der Waals surface area contributed by atoms with Crippen LogP contribution >= 0.6 is 0 Å². The van der Waals surface area contributed by atoms with Crippen molar-refractivity contribution in [3.8, 4) is 0 Å². The Hall–Kier alpha value is -1.98. The zero-order valence-corrected chi connectivity index (χ0v) is 16.4. The van der Waals surface area contributed by atoms with Crippen molar-refractivity contribution in [3.05, 3.63) is 54.0 Å². The van der Waals surface area contributed by atoms with Gasteiger partial charge in [0, 0.05) is 17.5 Å². The van der Waals surface area contributed by atoms with E-state index < -0.39 is 0 Å². The minimum Gasteiger partial charge on any atom is -0.356 e. The maximum atomic E-state index is 13.7. The summed E-state index contributed by atoms with van der Waals surface area (Å²) < 4.78 is 19.3. The number of hydrogen-bond donors (Lipinski definition) is 1. The maximum absolute atomic E-state index is 13.7. The molecule has 0 saturated carbocycles. The number of halogens is 1. The van der Waals surface area contributed by atoms with E-state index >= 15 is 0 Å². The van der Waals surface area contributed by atoms with Gasteiger partial charge in [-0.25, -0.2) is 4.39 Å². The summed E-state index contributed by atoms with van der Waals surface area (Å²) in [4.78, 5) is 2.72. The predicted molar refractivity (Wildman–Crippen MR) is 108 cm³/mol. The van der Waals surface area contributed by atoms with Crippen LogP contribution in [-0.4, -0.2) is 35.7 Å². The van der Waals surface area contributed by atoms with Crippen LogP contribution in [0.4, 0.5) is 4.39 Å². The molecule has 3 unspecified atom stereocenters. The summed E-state index contributed by atoms with van der Waals surface area (Å²) in [5.74, 6) is 0.903. The smallest absolute Gasteiger partial charge is 0.170 e. The van der Waals surface area contributed by atoms with Crippen LogP contribution in [0.25, 0.3) is 11.0 Å². The molecule has 1 N–H and O–H groups in total. The third kappa shape index (κ3) is 2.75. The molecule has 5 heteroatoms. The van der Waals surface area contributed by atoms with Gasteiger partial charge in [-0.15, -0.1) is 0 Å². The van der Waals surface area contributed by atoms with Gasteiger partial charge in [-0.05, 0) is 69.3 Å². The second-order valence-corrected chi connectivity index (χ2v) is 8.42. The molecule has 148 valence electrons. The first kappa shape index (κ1) is 18.1. The zero-order valence-electron chi connectivity index (χ0n) is 16.4. The van der Waals surface area contributed by atoms with Crippen molar-refractivity contribution < 1.29 is 8.91 Å². The Morgan fingerprint density at radius 1 is 1.25 bits per heavy atom. The Morgan fingerprint density at radius 2 is 2.07 bits per heavy atom. The molecule has 1 aliphatic carbocycles. The van der Waals surface area contributed by atoms with Crippen molar-refractivity contribution in [2.24, 2.45) is 11.8 Å². The van der Waals surface area contributed by atoms with Gasteiger partial charge >= 0.3 is 0 Å². The van der Waals surface area contributed by atoms with Gasteiger partial charge in [-0.3, -0.25) is 4.90 Å². The highest BCUT2D eigenvalue weighted by Gasteiger charge is 2.49. The van der Waals surface area contributed by atoms with E-state index in [1.54, 1.807) is 0 Å². The molecule has 4 nitrogen and oxygen atoms in total. The number of aromatic nitrogens is 1. The number of piperidine rings is 2. The van der Waals surface area contributed by atoms with E-state index in [-0.39, 0.29) is 11.4 Å². The number of nitrogens with zero attached hydrogens (tertiary/aromatic N) is 2. The highest BCUT2D eigenvalue weighted by molar-refractivity contribution is 5.80. The fourth-order valence-electron chi connectivity index (χ4n) is 5.81. The first-order valence-corrected chi connectivity index (χ1v) is 10.6. The third-order valence-electron chi connectivity index (χ3n) is 7.12. The Balaban J connectivity index is 1.61. The average molecular weight is 381 g/mol. The van der Waals surface area contributed by atoms with E-state index in [0.717, 1.165) is 50.0 Å². The Labute approximate surface area is 165 Å². The molecule has 3 heterocycles. The molecule has 0 radical (unpaired) electrons. The molecule has 2 saturated heterocycles. The van der Waals surface area contributed by atoms with E-state index in [1.165, 1.54) is 18.6 Å². The lowest BCUT2D eigenvalue weighted by Crippen LogP contribution is -2.60. The summed E-state index contributed by atoms with van der Waals surface area (Å²) in [6, 6.07) is 5.30. The molecule has 2 aromatic rings. The van der Waals surface area contributed by atoms with E-state index in [1.807, 2.05) is 6.07 Å². The summed E-state index contributed by atoms with van der Waals surface area (Å²) in [5, 5.41) is 9.01. The average Bonchev–Trinajstić information content (AvgIpc) is 3.17. The van der Waals surface area contributed by atoms with Gasteiger partial charge in [0.15, 0.2) is 5.58 Å². The minimum atomic E-state index is -0.277. The van der Waals surface area contributed by atoms with Crippen LogP contribution in [0.5, 0.6) is 0 Å². The van der Waals surface area contributed by atoms with E-state index in [4.69, 9.17) is 4.52 Å². The Kier molecular flexibility index (Phi) is 4.60. The minimum absolute atomic E-state index is 0.158. The number of likely N-dealkylation sites (tertiary alicyclic amines) is 1. The normalized spacial score (nSPS) is 29.9. The molecule has 0 amide bonds. The van der Waals surface area contributed by atoms with Crippen molar-refractivity contribution in [2.75, 3.05) is 19.6 Å². The Bertz CT molecular complexity index is 912. The first-order chi connectivity index (χ1) is 13.7. The van der Waals surface area contributed by atoms with Gasteiger partial charge in [0.1, 0.15) is 11.5 Å². The van der Waals surface area contributed by atoms with Gasteiger partial charge in [-0.1, -0.05) is 36.4 Å². The SMILES string of the molecule is CCC1C2C=CC=CC2CCN1C1(c2noc3cc(F)ccc23)CCNCC1. The summed E-state index contributed by atoms with van der Waals surface area (Å²) in [5.41, 5.74) is 1.39. The molecule has 0 bridgehead atoms. The number of benzene rings is 1. The topological polar surface area (TPSA) is 41.3 Å². The molecule has 3 atom stereocenters. The van der Waals surface area contributed by atoms with Gasteiger partial charge in [0.25, 0.3) is 0 Å². The number of nitrogens with one attached hydrogen (secondary N) is 1. The number of fused-ring (bicyclic) bond motifs is 2. The van der Waals surface area contributed by atoms with Crippen molar-refractivity contribution in [1.82, 2.24) is 15.4 Å². The molecular formula is C23H28FN3O.